The molecule has 78 valence electrons. The largest absolute Gasteiger partial charge is 0.313 e. The summed E-state index contributed by atoms with van der Waals surface area (Å²) in [6, 6.07) is 0.670. The van der Waals surface area contributed by atoms with Gasteiger partial charge in [0.25, 0.3) is 0 Å². The van der Waals surface area contributed by atoms with Crippen molar-refractivity contribution in [3.63, 3.8) is 0 Å². The fourth-order valence-electron chi connectivity index (χ4n) is 1.79. The Bertz CT molecular complexity index is 242. The number of hydrogen-bond acceptors (Lipinski definition) is 4. The van der Waals surface area contributed by atoms with E-state index in [9.17, 15) is 0 Å². The third-order valence-electron chi connectivity index (χ3n) is 2.56. The highest BCUT2D eigenvalue weighted by Gasteiger charge is 2.11. The van der Waals surface area contributed by atoms with E-state index in [2.05, 4.69) is 15.6 Å². The smallest absolute Gasteiger partial charge is 0.106 e. The molecule has 2 heterocycles. The lowest BCUT2D eigenvalue weighted by atomic mass is 10.1. The molecule has 1 aromatic rings. The molecule has 1 aliphatic heterocycles. The van der Waals surface area contributed by atoms with Crippen molar-refractivity contribution in [2.75, 3.05) is 13.1 Å². The highest BCUT2D eigenvalue weighted by molar-refractivity contribution is 7.09. The van der Waals surface area contributed by atoms with E-state index >= 15 is 0 Å². The van der Waals surface area contributed by atoms with Crippen LogP contribution in [0.4, 0.5) is 0 Å². The van der Waals surface area contributed by atoms with Crippen LogP contribution >= 0.6 is 11.3 Å². The predicted octanol–water partition coefficient (Wildman–Crippen LogP) is 1.37. The van der Waals surface area contributed by atoms with E-state index in [1.165, 1.54) is 30.8 Å². The molecule has 1 aliphatic rings. The topological polar surface area (TPSA) is 37.0 Å². The molecule has 2 rings (SSSR count). The fourth-order valence-corrected chi connectivity index (χ4v) is 2.38. The molecule has 0 aliphatic carbocycles. The molecule has 2 N–H and O–H groups in total. The summed E-state index contributed by atoms with van der Waals surface area (Å²) in [5.74, 6) is 0. The molecule has 1 unspecified atom stereocenters. The molecule has 14 heavy (non-hydrogen) atoms. The lowest BCUT2D eigenvalue weighted by Crippen LogP contribution is -2.41. The van der Waals surface area contributed by atoms with Crippen LogP contribution in [0.15, 0.2) is 11.6 Å². The van der Waals surface area contributed by atoms with Crippen LogP contribution in [0, 0.1) is 0 Å². The van der Waals surface area contributed by atoms with Gasteiger partial charge in [-0.05, 0) is 19.4 Å². The second kappa shape index (κ2) is 5.44. The van der Waals surface area contributed by atoms with Crippen LogP contribution in [0.2, 0.25) is 0 Å². The van der Waals surface area contributed by atoms with Gasteiger partial charge in [-0.15, -0.1) is 11.3 Å². The van der Waals surface area contributed by atoms with E-state index in [0.717, 1.165) is 13.1 Å². The normalized spacial score (nSPS) is 22.4. The van der Waals surface area contributed by atoms with Crippen molar-refractivity contribution < 1.29 is 0 Å². The predicted molar refractivity (Wildman–Crippen MR) is 59.5 cm³/mol. The monoisotopic (exact) mass is 211 g/mol. The number of thiazole rings is 1. The highest BCUT2D eigenvalue weighted by atomic mass is 32.1. The van der Waals surface area contributed by atoms with Gasteiger partial charge in [0.1, 0.15) is 5.01 Å². The molecule has 1 atom stereocenters. The summed E-state index contributed by atoms with van der Waals surface area (Å²) < 4.78 is 0. The number of rotatable bonds is 4. The van der Waals surface area contributed by atoms with Crippen LogP contribution in [0.5, 0.6) is 0 Å². The first-order valence-electron chi connectivity index (χ1n) is 5.27. The van der Waals surface area contributed by atoms with Gasteiger partial charge in [0.15, 0.2) is 0 Å². The summed E-state index contributed by atoms with van der Waals surface area (Å²) >= 11 is 1.72. The van der Waals surface area contributed by atoms with Gasteiger partial charge in [0.05, 0.1) is 0 Å². The van der Waals surface area contributed by atoms with E-state index in [1.807, 2.05) is 11.6 Å². The number of nitrogens with one attached hydrogen (secondary N) is 2. The maximum absolute atomic E-state index is 4.23. The van der Waals surface area contributed by atoms with E-state index in [0.29, 0.717) is 6.04 Å². The van der Waals surface area contributed by atoms with Crippen LogP contribution in [0.25, 0.3) is 0 Å². The Morgan fingerprint density at radius 2 is 2.57 bits per heavy atom. The lowest BCUT2D eigenvalue weighted by molar-refractivity contribution is 0.383. The Hall–Kier alpha value is -0.450. The van der Waals surface area contributed by atoms with Crippen LogP contribution in [-0.2, 0) is 6.54 Å². The minimum atomic E-state index is 0.670. The molecular formula is C10H17N3S. The van der Waals surface area contributed by atoms with Gasteiger partial charge in [-0.1, -0.05) is 6.42 Å². The maximum atomic E-state index is 4.23. The average molecular weight is 211 g/mol. The first-order valence-corrected chi connectivity index (χ1v) is 6.15. The van der Waals surface area contributed by atoms with Crippen molar-refractivity contribution >= 4 is 11.3 Å². The van der Waals surface area contributed by atoms with Gasteiger partial charge < -0.3 is 10.6 Å². The van der Waals surface area contributed by atoms with Gasteiger partial charge in [0.2, 0.25) is 0 Å². The number of hydrogen-bond donors (Lipinski definition) is 2. The van der Waals surface area contributed by atoms with Crippen molar-refractivity contribution in [1.29, 1.82) is 0 Å². The molecule has 1 aromatic heterocycles. The van der Waals surface area contributed by atoms with Crippen molar-refractivity contribution in [3.05, 3.63) is 16.6 Å². The minimum Gasteiger partial charge on any atom is -0.313 e. The summed E-state index contributed by atoms with van der Waals surface area (Å²) in [6.07, 6.45) is 5.88. The van der Waals surface area contributed by atoms with Crippen molar-refractivity contribution in [1.82, 2.24) is 15.6 Å². The van der Waals surface area contributed by atoms with E-state index < -0.39 is 0 Å². The standard InChI is InChI=1S/C10H17N3S/c1-2-4-12-9(3-1)7-11-8-10-13-5-6-14-10/h5-6,9,11-12H,1-4,7-8H2. The Kier molecular flexibility index (Phi) is 3.91. The zero-order chi connectivity index (χ0) is 9.64. The lowest BCUT2D eigenvalue weighted by Gasteiger charge is -2.23. The van der Waals surface area contributed by atoms with Gasteiger partial charge in [0, 0.05) is 30.7 Å². The molecular weight excluding hydrogens is 194 g/mol. The molecule has 0 bridgehead atoms. The second-order valence-corrected chi connectivity index (χ2v) is 4.68. The summed E-state index contributed by atoms with van der Waals surface area (Å²) in [6.45, 7) is 3.17. The first kappa shape index (κ1) is 10.1. The Balaban J connectivity index is 1.62. The number of nitrogens with zero attached hydrogens (tertiary/aromatic N) is 1. The zero-order valence-corrected chi connectivity index (χ0v) is 9.15. The van der Waals surface area contributed by atoms with Gasteiger partial charge in [-0.25, -0.2) is 4.98 Å². The minimum absolute atomic E-state index is 0.670. The molecule has 0 amide bonds. The number of piperidine rings is 1. The van der Waals surface area contributed by atoms with Crippen LogP contribution < -0.4 is 10.6 Å². The van der Waals surface area contributed by atoms with E-state index in [4.69, 9.17) is 0 Å². The summed E-state index contributed by atoms with van der Waals surface area (Å²) in [7, 11) is 0. The molecule has 0 radical (unpaired) electrons. The molecule has 3 nitrogen and oxygen atoms in total. The molecule has 0 spiro atoms. The van der Waals surface area contributed by atoms with Crippen molar-refractivity contribution in [3.8, 4) is 0 Å². The molecule has 1 fully saturated rings. The molecule has 0 aromatic carbocycles. The Morgan fingerprint density at radius 3 is 3.29 bits per heavy atom. The second-order valence-electron chi connectivity index (χ2n) is 3.70. The third-order valence-corrected chi connectivity index (χ3v) is 3.34. The summed E-state index contributed by atoms with van der Waals surface area (Å²) in [5, 5.41) is 10.2. The first-order chi connectivity index (χ1) is 6.95. The van der Waals surface area contributed by atoms with Crippen molar-refractivity contribution in [2.45, 2.75) is 31.8 Å². The van der Waals surface area contributed by atoms with Crippen LogP contribution in [-0.4, -0.2) is 24.1 Å². The van der Waals surface area contributed by atoms with Gasteiger partial charge in [-0.2, -0.15) is 0 Å². The highest BCUT2D eigenvalue weighted by Crippen LogP contribution is 2.07. The Morgan fingerprint density at radius 1 is 1.57 bits per heavy atom. The molecule has 1 saturated heterocycles. The van der Waals surface area contributed by atoms with Gasteiger partial charge >= 0.3 is 0 Å². The third kappa shape index (κ3) is 3.04. The average Bonchev–Trinajstić information content (AvgIpc) is 2.72. The quantitative estimate of drug-likeness (QED) is 0.790. The molecule has 0 saturated carbocycles. The van der Waals surface area contributed by atoms with E-state index in [-0.39, 0.29) is 0 Å². The zero-order valence-electron chi connectivity index (χ0n) is 8.33. The fraction of sp³-hybridized carbons (Fsp3) is 0.700. The SMILES string of the molecule is c1csc(CNCC2CCCCN2)n1. The van der Waals surface area contributed by atoms with Crippen LogP contribution in [0.1, 0.15) is 24.3 Å². The maximum Gasteiger partial charge on any atom is 0.106 e. The molecule has 4 heteroatoms. The van der Waals surface area contributed by atoms with E-state index in [1.54, 1.807) is 11.3 Å². The van der Waals surface area contributed by atoms with Gasteiger partial charge in [-0.3, -0.25) is 0 Å². The summed E-state index contributed by atoms with van der Waals surface area (Å²) in [5.41, 5.74) is 0. The Labute approximate surface area is 88.9 Å². The number of aromatic nitrogens is 1. The summed E-state index contributed by atoms with van der Waals surface area (Å²) in [4.78, 5) is 4.23. The van der Waals surface area contributed by atoms with Crippen molar-refractivity contribution in [2.24, 2.45) is 0 Å². The van der Waals surface area contributed by atoms with Crippen LogP contribution in [0.3, 0.4) is 0 Å².